The molecule has 1 aromatic carbocycles. The van der Waals surface area contributed by atoms with Crippen molar-refractivity contribution in [3.8, 4) is 11.1 Å². The zero-order chi connectivity index (χ0) is 19.8. The fourth-order valence-electron chi connectivity index (χ4n) is 3.88. The van der Waals surface area contributed by atoms with Crippen molar-refractivity contribution in [2.75, 3.05) is 36.0 Å². The number of piperazine rings is 1. The molecule has 0 spiro atoms. The van der Waals surface area contributed by atoms with Gasteiger partial charge in [-0.3, -0.25) is 4.90 Å². The van der Waals surface area contributed by atoms with Crippen LogP contribution in [0.15, 0.2) is 60.9 Å². The zero-order valence-corrected chi connectivity index (χ0v) is 17.0. The Morgan fingerprint density at radius 1 is 0.966 bits per heavy atom. The molecule has 1 fully saturated rings. The molecule has 1 N–H and O–H groups in total. The maximum absolute atomic E-state index is 6.05. The number of aromatic nitrogens is 4. The molecule has 1 aliphatic rings. The molecule has 0 amide bonds. The van der Waals surface area contributed by atoms with Crippen molar-refractivity contribution in [3.05, 3.63) is 71.6 Å². The van der Waals surface area contributed by atoms with E-state index in [1.807, 2.05) is 54.2 Å². The lowest BCUT2D eigenvalue weighted by atomic mass is 10.1. The number of anilines is 2. The molecule has 1 aliphatic heterocycles. The number of H-pyrrole nitrogens is 1. The number of pyridine rings is 1. The molecule has 4 aromatic rings. The first-order chi connectivity index (χ1) is 14.2. The summed E-state index contributed by atoms with van der Waals surface area (Å²) in [6.45, 7) is 5.80. The summed E-state index contributed by atoms with van der Waals surface area (Å²) in [6, 6.07) is 16.1. The standard InChI is InChI=1S/C22H21ClN6/c1-16-14-21(28-12-10-27(11-13-28)20-4-2-3-9-24-20)29-22(26-16)19(15-25-29)17-5-7-18(23)8-6-17/h2-9,14-15H,10-13H2,1H3/p+1. The van der Waals surface area contributed by atoms with Gasteiger partial charge in [-0.05, 0) is 30.7 Å². The molecule has 0 atom stereocenters. The Hall–Kier alpha value is -3.12. The maximum Gasteiger partial charge on any atom is 0.274 e. The fourth-order valence-corrected chi connectivity index (χ4v) is 4.01. The lowest BCUT2D eigenvalue weighted by Gasteiger charge is -2.32. The van der Waals surface area contributed by atoms with Crippen LogP contribution in [-0.4, -0.2) is 40.8 Å². The van der Waals surface area contributed by atoms with Crippen LogP contribution in [-0.2, 0) is 0 Å². The molecule has 146 valence electrons. The van der Waals surface area contributed by atoms with E-state index < -0.39 is 0 Å². The van der Waals surface area contributed by atoms with E-state index in [0.29, 0.717) is 0 Å². The molecular weight excluding hydrogens is 384 g/mol. The first-order valence-corrected chi connectivity index (χ1v) is 10.1. The van der Waals surface area contributed by atoms with Gasteiger partial charge in [-0.2, -0.15) is 9.61 Å². The number of nitrogens with one attached hydrogen (secondary N) is 1. The van der Waals surface area contributed by atoms with Gasteiger partial charge < -0.3 is 4.90 Å². The fraction of sp³-hybridized carbons (Fsp3) is 0.227. The SMILES string of the molecule is Cc1cc(N2CCN(c3cccc[nH+]3)CC2)n2ncc(-c3ccc(Cl)cc3)c2n1. The van der Waals surface area contributed by atoms with Gasteiger partial charge in [0.25, 0.3) is 5.82 Å². The van der Waals surface area contributed by atoms with E-state index in [1.54, 1.807) is 0 Å². The Labute approximate surface area is 174 Å². The Balaban J connectivity index is 1.46. The van der Waals surface area contributed by atoms with Gasteiger partial charge in [-0.1, -0.05) is 29.8 Å². The second kappa shape index (κ2) is 7.37. The van der Waals surface area contributed by atoms with Crippen LogP contribution >= 0.6 is 11.6 Å². The van der Waals surface area contributed by atoms with Gasteiger partial charge in [-0.15, -0.1) is 0 Å². The van der Waals surface area contributed by atoms with Crippen LogP contribution in [0.25, 0.3) is 16.8 Å². The number of benzene rings is 1. The van der Waals surface area contributed by atoms with Crippen molar-refractivity contribution in [2.24, 2.45) is 0 Å². The van der Waals surface area contributed by atoms with Gasteiger partial charge in [-0.25, -0.2) is 9.97 Å². The quantitative estimate of drug-likeness (QED) is 0.523. The van der Waals surface area contributed by atoms with Gasteiger partial charge in [0.15, 0.2) is 5.65 Å². The second-order valence-electron chi connectivity index (χ2n) is 7.28. The van der Waals surface area contributed by atoms with Crippen LogP contribution < -0.4 is 14.8 Å². The molecule has 0 radical (unpaired) electrons. The lowest BCUT2D eigenvalue weighted by Crippen LogP contribution is -2.48. The molecule has 0 saturated carbocycles. The smallest absolute Gasteiger partial charge is 0.274 e. The lowest BCUT2D eigenvalue weighted by molar-refractivity contribution is -0.364. The average molecular weight is 406 g/mol. The Morgan fingerprint density at radius 2 is 1.72 bits per heavy atom. The zero-order valence-electron chi connectivity index (χ0n) is 16.2. The number of nitrogens with zero attached hydrogens (tertiary/aromatic N) is 5. The number of aromatic amines is 1. The number of hydrogen-bond donors (Lipinski definition) is 0. The monoisotopic (exact) mass is 405 g/mol. The molecule has 4 heterocycles. The third-order valence-electron chi connectivity index (χ3n) is 5.37. The van der Waals surface area contributed by atoms with Crippen molar-refractivity contribution in [2.45, 2.75) is 6.92 Å². The van der Waals surface area contributed by atoms with Crippen molar-refractivity contribution in [1.29, 1.82) is 0 Å². The summed E-state index contributed by atoms with van der Waals surface area (Å²) in [5, 5.41) is 5.40. The topological polar surface area (TPSA) is 50.8 Å². The van der Waals surface area contributed by atoms with Gasteiger partial charge in [0.2, 0.25) is 0 Å². The summed E-state index contributed by atoms with van der Waals surface area (Å²) in [5.74, 6) is 2.25. The normalized spacial score (nSPS) is 14.6. The number of aryl methyl sites for hydroxylation is 1. The Bertz CT molecular complexity index is 1130. The van der Waals surface area contributed by atoms with Gasteiger partial charge in [0.1, 0.15) is 18.9 Å². The number of halogens is 1. The molecule has 29 heavy (non-hydrogen) atoms. The summed E-state index contributed by atoms with van der Waals surface area (Å²) in [4.78, 5) is 12.9. The summed E-state index contributed by atoms with van der Waals surface area (Å²) in [5.41, 5.74) is 3.95. The number of rotatable bonds is 3. The molecule has 6 nitrogen and oxygen atoms in total. The largest absolute Gasteiger partial charge is 0.349 e. The highest BCUT2D eigenvalue weighted by atomic mass is 35.5. The van der Waals surface area contributed by atoms with Crippen LogP contribution in [0, 0.1) is 6.92 Å². The molecule has 1 saturated heterocycles. The molecule has 5 rings (SSSR count). The molecule has 0 aliphatic carbocycles. The van der Waals surface area contributed by atoms with Gasteiger partial charge in [0.05, 0.1) is 25.5 Å². The summed E-state index contributed by atoms with van der Waals surface area (Å²) >= 11 is 6.05. The highest BCUT2D eigenvalue weighted by molar-refractivity contribution is 6.30. The van der Waals surface area contributed by atoms with E-state index in [9.17, 15) is 0 Å². The van der Waals surface area contributed by atoms with E-state index in [2.05, 4.69) is 38.1 Å². The molecular formula is C22H22ClN6+. The summed E-state index contributed by atoms with van der Waals surface area (Å²) in [7, 11) is 0. The van der Waals surface area contributed by atoms with E-state index in [0.717, 1.165) is 65.3 Å². The number of fused-ring (bicyclic) bond motifs is 1. The van der Waals surface area contributed by atoms with Crippen LogP contribution in [0.3, 0.4) is 0 Å². The molecule has 3 aromatic heterocycles. The minimum atomic E-state index is 0.726. The summed E-state index contributed by atoms with van der Waals surface area (Å²) in [6.07, 6.45) is 3.86. The van der Waals surface area contributed by atoms with Crippen molar-refractivity contribution in [3.63, 3.8) is 0 Å². The van der Waals surface area contributed by atoms with Crippen LogP contribution in [0.4, 0.5) is 11.6 Å². The van der Waals surface area contributed by atoms with E-state index in [1.165, 1.54) is 0 Å². The predicted octanol–water partition coefficient (Wildman–Crippen LogP) is 3.50. The van der Waals surface area contributed by atoms with Crippen molar-refractivity contribution < 1.29 is 4.98 Å². The van der Waals surface area contributed by atoms with E-state index in [4.69, 9.17) is 16.6 Å². The van der Waals surface area contributed by atoms with E-state index in [-0.39, 0.29) is 0 Å². The van der Waals surface area contributed by atoms with Crippen molar-refractivity contribution >= 4 is 28.9 Å². The van der Waals surface area contributed by atoms with Crippen LogP contribution in [0.1, 0.15) is 5.69 Å². The predicted molar refractivity (Wildman–Crippen MR) is 116 cm³/mol. The van der Waals surface area contributed by atoms with Crippen molar-refractivity contribution in [1.82, 2.24) is 14.6 Å². The van der Waals surface area contributed by atoms with Gasteiger partial charge >= 0.3 is 0 Å². The molecule has 7 heteroatoms. The van der Waals surface area contributed by atoms with Crippen LogP contribution in [0.2, 0.25) is 5.02 Å². The minimum Gasteiger partial charge on any atom is -0.349 e. The summed E-state index contributed by atoms with van der Waals surface area (Å²) < 4.78 is 1.96. The molecule has 0 unspecified atom stereocenters. The average Bonchev–Trinajstić information content (AvgIpc) is 3.18. The maximum atomic E-state index is 6.05. The third kappa shape index (κ3) is 3.40. The minimum absolute atomic E-state index is 0.726. The highest BCUT2D eigenvalue weighted by Gasteiger charge is 2.25. The third-order valence-corrected chi connectivity index (χ3v) is 5.63. The highest BCUT2D eigenvalue weighted by Crippen LogP contribution is 2.28. The Morgan fingerprint density at radius 3 is 2.45 bits per heavy atom. The first kappa shape index (κ1) is 17.9. The molecule has 0 bridgehead atoms. The van der Waals surface area contributed by atoms with Crippen LogP contribution in [0.5, 0.6) is 0 Å². The van der Waals surface area contributed by atoms with E-state index >= 15 is 0 Å². The second-order valence-corrected chi connectivity index (χ2v) is 7.71. The Kier molecular flexibility index (Phi) is 4.56. The first-order valence-electron chi connectivity index (χ1n) is 9.77. The van der Waals surface area contributed by atoms with Gasteiger partial charge in [0, 0.05) is 28.4 Å². The number of hydrogen-bond acceptors (Lipinski definition) is 4.